The molecule has 0 radical (unpaired) electrons. The molecular weight excluding hydrogens is 266 g/mol. The monoisotopic (exact) mass is 291 g/mol. The molecule has 0 fully saturated rings. The van der Waals surface area contributed by atoms with Crippen LogP contribution in [0, 0.1) is 40.5 Å². The molecule has 4 heteroatoms. The highest BCUT2D eigenvalue weighted by atomic mass is 16.4. The van der Waals surface area contributed by atoms with Gasteiger partial charge in [0.2, 0.25) is 0 Å². The summed E-state index contributed by atoms with van der Waals surface area (Å²) in [5.74, 6) is -1.57. The van der Waals surface area contributed by atoms with Crippen LogP contribution in [0.15, 0.2) is 0 Å². The molecule has 1 atom stereocenters. The Morgan fingerprint density at radius 3 is 1.71 bits per heavy atom. The van der Waals surface area contributed by atoms with Crippen molar-refractivity contribution in [1.82, 2.24) is 4.90 Å². The van der Waals surface area contributed by atoms with Crippen molar-refractivity contribution in [3.8, 4) is 0 Å². The van der Waals surface area contributed by atoms with Crippen molar-refractivity contribution in [3.63, 3.8) is 0 Å². The van der Waals surface area contributed by atoms with Gasteiger partial charge < -0.3 is 10.0 Å². The van der Waals surface area contributed by atoms with Gasteiger partial charge in [0.05, 0.1) is 5.92 Å². The fourth-order valence-electron chi connectivity index (χ4n) is 2.58. The SMILES string of the molecule is Cc1c(C)c(C)c(C(=O)N(C)CC(C)C(=O)O)c(C)c1C. The highest BCUT2D eigenvalue weighted by Crippen LogP contribution is 2.27. The largest absolute Gasteiger partial charge is 0.481 e. The molecule has 0 aliphatic heterocycles. The molecule has 21 heavy (non-hydrogen) atoms. The standard InChI is InChI=1S/C17H25NO3/c1-9(17(20)21)8-18(7)16(19)15-13(5)11(3)10(2)12(4)14(15)6/h9H,8H2,1-7H3,(H,20,21). The predicted molar refractivity (Wildman–Crippen MR) is 83.9 cm³/mol. The van der Waals surface area contributed by atoms with Crippen LogP contribution in [-0.2, 0) is 4.79 Å². The van der Waals surface area contributed by atoms with E-state index < -0.39 is 11.9 Å². The Hall–Kier alpha value is -1.84. The van der Waals surface area contributed by atoms with E-state index in [1.165, 1.54) is 10.5 Å². The van der Waals surface area contributed by atoms with Crippen LogP contribution < -0.4 is 0 Å². The summed E-state index contributed by atoms with van der Waals surface area (Å²) in [6.45, 7) is 11.8. The van der Waals surface area contributed by atoms with E-state index in [2.05, 4.69) is 6.92 Å². The number of amides is 1. The summed E-state index contributed by atoms with van der Waals surface area (Å²) >= 11 is 0. The lowest BCUT2D eigenvalue weighted by Crippen LogP contribution is -2.34. The lowest BCUT2D eigenvalue weighted by Gasteiger charge is -2.24. The van der Waals surface area contributed by atoms with E-state index in [0.717, 1.165) is 22.3 Å². The molecule has 0 spiro atoms. The molecule has 1 unspecified atom stereocenters. The Morgan fingerprint density at radius 2 is 1.33 bits per heavy atom. The third-order valence-electron chi connectivity index (χ3n) is 4.53. The second-order valence-corrected chi connectivity index (χ2v) is 5.92. The minimum atomic E-state index is -0.889. The van der Waals surface area contributed by atoms with Crippen LogP contribution in [0.2, 0.25) is 0 Å². The van der Waals surface area contributed by atoms with Crippen LogP contribution in [0.3, 0.4) is 0 Å². The van der Waals surface area contributed by atoms with Gasteiger partial charge in [0.15, 0.2) is 0 Å². The highest BCUT2D eigenvalue weighted by Gasteiger charge is 2.23. The first-order valence-electron chi connectivity index (χ1n) is 7.14. The zero-order valence-electron chi connectivity index (χ0n) is 14.0. The van der Waals surface area contributed by atoms with Gasteiger partial charge in [0, 0.05) is 19.2 Å². The average Bonchev–Trinajstić information content (AvgIpc) is 2.42. The van der Waals surface area contributed by atoms with E-state index in [1.54, 1.807) is 14.0 Å². The van der Waals surface area contributed by atoms with Crippen molar-refractivity contribution < 1.29 is 14.7 Å². The second-order valence-electron chi connectivity index (χ2n) is 5.92. The Kier molecular flexibility index (Phi) is 5.15. The van der Waals surface area contributed by atoms with Crippen molar-refractivity contribution in [3.05, 3.63) is 33.4 Å². The molecule has 0 saturated heterocycles. The summed E-state index contributed by atoms with van der Waals surface area (Å²) in [6.07, 6.45) is 0. The second kappa shape index (κ2) is 6.29. The van der Waals surface area contributed by atoms with Crippen LogP contribution in [0.5, 0.6) is 0 Å². The number of hydrogen-bond donors (Lipinski definition) is 1. The molecule has 1 N–H and O–H groups in total. The number of benzene rings is 1. The van der Waals surface area contributed by atoms with Crippen molar-refractivity contribution in [1.29, 1.82) is 0 Å². The number of rotatable bonds is 4. The number of carbonyl (C=O) groups is 2. The number of nitrogens with zero attached hydrogens (tertiary/aromatic N) is 1. The Balaban J connectivity index is 3.22. The first-order valence-corrected chi connectivity index (χ1v) is 7.14. The quantitative estimate of drug-likeness (QED) is 0.927. The van der Waals surface area contributed by atoms with Crippen LogP contribution in [0.4, 0.5) is 0 Å². The minimum absolute atomic E-state index is 0.107. The van der Waals surface area contributed by atoms with Crippen molar-refractivity contribution >= 4 is 11.9 Å². The number of carbonyl (C=O) groups excluding carboxylic acids is 1. The molecule has 116 valence electrons. The maximum Gasteiger partial charge on any atom is 0.308 e. The van der Waals surface area contributed by atoms with E-state index >= 15 is 0 Å². The van der Waals surface area contributed by atoms with Gasteiger partial charge in [-0.15, -0.1) is 0 Å². The fraction of sp³-hybridized carbons (Fsp3) is 0.529. The Bertz CT molecular complexity index is 561. The van der Waals surface area contributed by atoms with E-state index in [4.69, 9.17) is 5.11 Å². The third kappa shape index (κ3) is 3.26. The summed E-state index contributed by atoms with van der Waals surface area (Å²) in [4.78, 5) is 25.1. The highest BCUT2D eigenvalue weighted by molar-refractivity contribution is 5.98. The summed E-state index contributed by atoms with van der Waals surface area (Å²) in [5, 5.41) is 8.98. The molecule has 1 aromatic rings. The van der Waals surface area contributed by atoms with E-state index in [1.807, 2.05) is 27.7 Å². The van der Waals surface area contributed by atoms with Crippen LogP contribution >= 0.6 is 0 Å². The van der Waals surface area contributed by atoms with Crippen LogP contribution in [0.1, 0.15) is 45.1 Å². The van der Waals surface area contributed by atoms with Gasteiger partial charge in [-0.3, -0.25) is 9.59 Å². The van der Waals surface area contributed by atoms with Crippen molar-refractivity contribution in [2.24, 2.45) is 5.92 Å². The van der Waals surface area contributed by atoms with Crippen molar-refractivity contribution in [2.45, 2.75) is 41.5 Å². The Labute approximate surface area is 126 Å². The van der Waals surface area contributed by atoms with Crippen LogP contribution in [-0.4, -0.2) is 35.5 Å². The van der Waals surface area contributed by atoms with Gasteiger partial charge in [-0.1, -0.05) is 6.92 Å². The third-order valence-corrected chi connectivity index (χ3v) is 4.53. The number of aliphatic carboxylic acids is 1. The van der Waals surface area contributed by atoms with E-state index in [9.17, 15) is 9.59 Å². The summed E-state index contributed by atoms with van der Waals surface area (Å²) in [6, 6.07) is 0. The maximum absolute atomic E-state index is 12.7. The molecule has 0 bridgehead atoms. The average molecular weight is 291 g/mol. The minimum Gasteiger partial charge on any atom is -0.481 e. The molecule has 0 aliphatic carbocycles. The zero-order valence-corrected chi connectivity index (χ0v) is 14.0. The first-order chi connectivity index (χ1) is 9.59. The number of carboxylic acid groups (broad SMARTS) is 1. The van der Waals surface area contributed by atoms with E-state index in [0.29, 0.717) is 5.56 Å². The number of carboxylic acids is 1. The maximum atomic E-state index is 12.7. The van der Waals surface area contributed by atoms with Crippen molar-refractivity contribution in [2.75, 3.05) is 13.6 Å². The zero-order chi connectivity index (χ0) is 16.5. The van der Waals surface area contributed by atoms with Gasteiger partial charge in [0.25, 0.3) is 5.91 Å². The normalized spacial score (nSPS) is 12.1. The predicted octanol–water partition coefficient (Wildman–Crippen LogP) is 3.02. The van der Waals surface area contributed by atoms with E-state index in [-0.39, 0.29) is 12.5 Å². The van der Waals surface area contributed by atoms with Gasteiger partial charge in [0.1, 0.15) is 0 Å². The molecular formula is C17H25NO3. The fourth-order valence-corrected chi connectivity index (χ4v) is 2.58. The molecule has 0 saturated carbocycles. The van der Waals surface area contributed by atoms with Gasteiger partial charge >= 0.3 is 5.97 Å². The molecule has 1 aromatic carbocycles. The topological polar surface area (TPSA) is 57.6 Å². The van der Waals surface area contributed by atoms with Gasteiger partial charge in [-0.05, 0) is 62.4 Å². The molecule has 4 nitrogen and oxygen atoms in total. The lowest BCUT2D eigenvalue weighted by atomic mass is 9.89. The summed E-state index contributed by atoms with van der Waals surface area (Å²) in [5.41, 5.74) is 6.13. The molecule has 0 heterocycles. The first kappa shape index (κ1) is 17.2. The Morgan fingerprint density at radius 1 is 0.952 bits per heavy atom. The molecule has 0 aliphatic rings. The van der Waals surface area contributed by atoms with Gasteiger partial charge in [-0.2, -0.15) is 0 Å². The number of hydrogen-bond acceptors (Lipinski definition) is 2. The molecule has 0 aromatic heterocycles. The summed E-state index contributed by atoms with van der Waals surface area (Å²) in [7, 11) is 1.66. The molecule has 1 rings (SSSR count). The van der Waals surface area contributed by atoms with Crippen LogP contribution in [0.25, 0.3) is 0 Å². The van der Waals surface area contributed by atoms with Gasteiger partial charge in [-0.25, -0.2) is 0 Å². The molecule has 1 amide bonds. The smallest absolute Gasteiger partial charge is 0.308 e. The lowest BCUT2D eigenvalue weighted by molar-refractivity contribution is -0.141. The summed E-state index contributed by atoms with van der Waals surface area (Å²) < 4.78 is 0.